The standard InChI is InChI=1S/C13H16N2O2/c1-15(2)5-3-12(16)11-8-10(14)7-9-4-6-17-13(9)11/h3,5,7-8H,4,6,14H2,1-2H3/i1D3,2D3,3D,4D,5D,6D,7D,8D/hD2. The summed E-state index contributed by atoms with van der Waals surface area (Å²) in [4.78, 5) is 12.5. The summed E-state index contributed by atoms with van der Waals surface area (Å²) in [5.41, 5.74) is -2.25. The number of allylic oxidation sites excluding steroid dienone is 1. The Morgan fingerprint density at radius 3 is 3.47 bits per heavy atom. The smallest absolute Gasteiger partial charge is 0.191 e. The third-order valence-corrected chi connectivity index (χ3v) is 1.90. The molecule has 0 saturated heterocycles. The van der Waals surface area contributed by atoms with Crippen LogP contribution in [0.3, 0.4) is 0 Å². The van der Waals surface area contributed by atoms with Gasteiger partial charge in [0.2, 0.25) is 0 Å². The Hall–Kier alpha value is -1.97. The lowest BCUT2D eigenvalue weighted by Crippen LogP contribution is -2.04. The highest BCUT2D eigenvalue weighted by Gasteiger charge is 2.20. The highest BCUT2D eigenvalue weighted by atomic mass is 16.5. The average Bonchev–Trinajstić information content (AvgIpc) is 2.86. The number of ether oxygens (including phenoxy) is 1. The Bertz CT molecular complexity index is 924. The maximum Gasteiger partial charge on any atom is 0.191 e. The van der Waals surface area contributed by atoms with Gasteiger partial charge in [0.25, 0.3) is 0 Å². The zero-order chi connectivity index (χ0) is 24.2. The van der Waals surface area contributed by atoms with Crippen molar-refractivity contribution < 1.29 is 28.8 Å². The number of nitrogens with two attached hydrogens (primary N) is 1. The summed E-state index contributed by atoms with van der Waals surface area (Å²) in [5.74, 6) is -2.17. The second kappa shape index (κ2) is 4.49. The molecular weight excluding hydrogens is 216 g/mol. The van der Waals surface area contributed by atoms with E-state index in [1.165, 1.54) is 0 Å². The van der Waals surface area contributed by atoms with Crippen molar-refractivity contribution in [2.45, 2.75) is 6.40 Å². The number of rotatable bonds is 4. The number of benzene rings is 1. The first-order valence-corrected chi connectivity index (χ1v) is 4.41. The molecule has 0 spiro atoms. The average molecular weight is 246 g/mol. The molecule has 1 aliphatic rings. The Kier molecular flexibility index (Phi) is 0.867. The summed E-state index contributed by atoms with van der Waals surface area (Å²) < 4.78 is 111. The van der Waals surface area contributed by atoms with Gasteiger partial charge in [0.1, 0.15) is 5.75 Å². The number of hydrogen-bond donors (Lipinski definition) is 1. The van der Waals surface area contributed by atoms with Gasteiger partial charge >= 0.3 is 0 Å². The van der Waals surface area contributed by atoms with E-state index in [0.717, 1.165) is 0 Å². The first kappa shape index (κ1) is 3.28. The SMILES string of the molecule is [2H]C(C(=O)c1c([2H])c(N([2H])[2H])c([2H])c2c1OC([2H])C2[2H])=C([2H])N(C([2H])([2H])[2H])C([2H])([2H])[2H]. The van der Waals surface area contributed by atoms with Gasteiger partial charge < -0.3 is 15.4 Å². The second-order valence-corrected chi connectivity index (χ2v) is 3.04. The molecule has 2 unspecified atom stereocenters. The van der Waals surface area contributed by atoms with Crippen molar-refractivity contribution >= 4 is 11.5 Å². The molecule has 0 bridgehead atoms. The fraction of sp³-hybridized carbons (Fsp3) is 0.308. The summed E-state index contributed by atoms with van der Waals surface area (Å²) >= 11 is 0. The van der Waals surface area contributed by atoms with Crippen molar-refractivity contribution in [3.63, 3.8) is 0 Å². The predicted molar refractivity (Wildman–Crippen MR) is 67.2 cm³/mol. The first-order valence-electron chi connectivity index (χ1n) is 11.5. The summed E-state index contributed by atoms with van der Waals surface area (Å²) in [7, 11) is 0. The zero-order valence-electron chi connectivity index (χ0n) is 22.4. The van der Waals surface area contributed by atoms with Crippen LogP contribution < -0.4 is 10.5 Å². The van der Waals surface area contributed by atoms with Gasteiger partial charge in [-0.1, -0.05) is 0 Å². The molecule has 0 fully saturated rings. The number of carbonyl (C=O) groups excluding carboxylic acids is 1. The van der Waals surface area contributed by atoms with Gasteiger partial charge in [0.05, 0.1) is 19.0 Å². The molecule has 1 heterocycles. The largest absolute Gasteiger partial charge is 0.492 e. The number of anilines is 1. The molecule has 90 valence electrons. The Morgan fingerprint density at radius 1 is 1.82 bits per heavy atom. The van der Waals surface area contributed by atoms with Crippen LogP contribution >= 0.6 is 0 Å². The van der Waals surface area contributed by atoms with E-state index in [2.05, 4.69) is 0 Å². The van der Waals surface area contributed by atoms with Crippen LogP contribution in [-0.2, 0) is 6.40 Å². The van der Waals surface area contributed by atoms with Crippen LogP contribution in [0.4, 0.5) is 5.69 Å². The number of carbonyl (C=O) groups is 1. The minimum Gasteiger partial charge on any atom is -0.492 e. The van der Waals surface area contributed by atoms with Gasteiger partial charge in [-0.15, -0.1) is 0 Å². The molecule has 0 radical (unpaired) electrons. The molecule has 2 N–H and O–H groups in total. The van der Waals surface area contributed by atoms with Crippen molar-refractivity contribution in [1.29, 1.82) is 0 Å². The summed E-state index contributed by atoms with van der Waals surface area (Å²) in [6.07, 6.45) is -3.06. The van der Waals surface area contributed by atoms with Gasteiger partial charge in [0.15, 0.2) is 8.61 Å². The van der Waals surface area contributed by atoms with Gasteiger partial charge in [-0.3, -0.25) is 4.79 Å². The molecule has 1 aromatic rings. The van der Waals surface area contributed by atoms with Crippen molar-refractivity contribution in [3.8, 4) is 5.75 Å². The maximum atomic E-state index is 12.9. The van der Waals surface area contributed by atoms with Gasteiger partial charge in [-0.2, -0.15) is 0 Å². The van der Waals surface area contributed by atoms with Gasteiger partial charge in [-0.05, 0) is 12.1 Å². The molecule has 1 aliphatic heterocycles. The number of nitrogen functional groups attached to an aromatic ring is 1. The third-order valence-electron chi connectivity index (χ3n) is 1.90. The highest BCUT2D eigenvalue weighted by Crippen LogP contribution is 2.32. The maximum absolute atomic E-state index is 12.9. The lowest BCUT2D eigenvalue weighted by Gasteiger charge is -2.07. The van der Waals surface area contributed by atoms with Crippen LogP contribution in [0.1, 0.15) is 32.4 Å². The van der Waals surface area contributed by atoms with Crippen molar-refractivity contribution in [1.82, 2.24) is 4.90 Å². The van der Waals surface area contributed by atoms with Crippen LogP contribution in [0.5, 0.6) is 5.75 Å². The second-order valence-electron chi connectivity index (χ2n) is 3.04. The fourth-order valence-electron chi connectivity index (χ4n) is 1.26. The minimum atomic E-state index is -3.43. The van der Waals surface area contributed by atoms with Crippen molar-refractivity contribution in [2.24, 2.45) is 0 Å². The quantitative estimate of drug-likeness (QED) is 0.496. The van der Waals surface area contributed by atoms with Gasteiger partial charge in [-0.25, -0.2) is 0 Å². The van der Waals surface area contributed by atoms with E-state index in [1.54, 1.807) is 0 Å². The lowest BCUT2D eigenvalue weighted by molar-refractivity contribution is 0.104. The van der Waals surface area contributed by atoms with Crippen molar-refractivity contribution in [2.75, 3.05) is 26.3 Å². The Balaban J connectivity index is 2.81. The Morgan fingerprint density at radius 2 is 2.71 bits per heavy atom. The van der Waals surface area contributed by atoms with E-state index in [0.29, 0.717) is 0 Å². The summed E-state index contributed by atoms with van der Waals surface area (Å²) in [5, 5.41) is 0. The van der Waals surface area contributed by atoms with Crippen LogP contribution in [0.15, 0.2) is 24.3 Å². The fourth-order valence-corrected chi connectivity index (χ4v) is 1.26. The molecule has 0 amide bonds. The van der Waals surface area contributed by atoms with Crippen LogP contribution in [0.25, 0.3) is 0 Å². The van der Waals surface area contributed by atoms with Crippen LogP contribution in [-0.4, -0.2) is 31.2 Å². The molecule has 0 aliphatic carbocycles. The molecule has 4 nitrogen and oxygen atoms in total. The normalized spacial score (nSPS) is 36.5. The molecule has 2 atom stereocenters. The Labute approximate surface area is 120 Å². The molecule has 2 rings (SSSR count). The number of nitrogens with zero attached hydrogens (tertiary/aromatic N) is 1. The molecule has 0 saturated carbocycles. The molecule has 4 heteroatoms. The monoisotopic (exact) mass is 246 g/mol. The van der Waals surface area contributed by atoms with E-state index in [9.17, 15) is 4.79 Å². The van der Waals surface area contributed by atoms with E-state index >= 15 is 0 Å². The number of fused-ring (bicyclic) bond motifs is 1. The summed E-state index contributed by atoms with van der Waals surface area (Å²) in [6.45, 7) is -8.49. The highest BCUT2D eigenvalue weighted by molar-refractivity contribution is 6.07. The number of ketones is 1. The molecule has 0 aromatic heterocycles. The van der Waals surface area contributed by atoms with Crippen LogP contribution in [0, 0.1) is 0 Å². The molecular formula is C13H16N2O2. The first-order chi connectivity index (χ1) is 13.9. The predicted octanol–water partition coefficient (Wildman–Crippen LogP) is 1.46. The molecule has 17 heavy (non-hydrogen) atoms. The lowest BCUT2D eigenvalue weighted by atomic mass is 10.0. The third kappa shape index (κ3) is 2.41. The van der Waals surface area contributed by atoms with E-state index < -0.39 is 84.5 Å². The zero-order valence-corrected chi connectivity index (χ0v) is 8.37. The van der Waals surface area contributed by atoms with E-state index in [-0.39, 0.29) is 5.72 Å². The van der Waals surface area contributed by atoms with Gasteiger partial charge in [0, 0.05) is 53.4 Å². The van der Waals surface area contributed by atoms with Crippen molar-refractivity contribution in [3.05, 3.63) is 35.4 Å². The van der Waals surface area contributed by atoms with Crippen LogP contribution in [0.2, 0.25) is 2.82 Å². The number of hydrogen-bond acceptors (Lipinski definition) is 4. The van der Waals surface area contributed by atoms with E-state index in [4.69, 9.17) is 24.0 Å². The molecule has 1 aromatic carbocycles. The topological polar surface area (TPSA) is 55.6 Å². The summed E-state index contributed by atoms with van der Waals surface area (Å²) in [6, 6.07) is -3.11. The minimum absolute atomic E-state index is 0.183. The van der Waals surface area contributed by atoms with E-state index in [1.807, 2.05) is 0 Å².